The first-order valence-corrected chi connectivity index (χ1v) is 11.9. The van der Waals surface area contributed by atoms with Crippen molar-refractivity contribution in [3.8, 4) is 11.5 Å². The van der Waals surface area contributed by atoms with Crippen molar-refractivity contribution in [1.82, 2.24) is 5.32 Å². The molecule has 0 bridgehead atoms. The molecule has 0 aliphatic rings. The zero-order valence-corrected chi connectivity index (χ0v) is 18.9. The molecule has 0 atom stereocenters. The summed E-state index contributed by atoms with van der Waals surface area (Å²) in [6.45, 7) is 1.44. The highest BCUT2D eigenvalue weighted by Gasteiger charge is 2.15. The molecule has 0 radical (unpaired) electrons. The summed E-state index contributed by atoms with van der Waals surface area (Å²) in [5, 5.41) is 3.06. The van der Waals surface area contributed by atoms with Gasteiger partial charge in [-0.2, -0.15) is 0 Å². The van der Waals surface area contributed by atoms with Gasteiger partial charge in [0.05, 0.1) is 0 Å². The van der Waals surface area contributed by atoms with Crippen LogP contribution in [0, 0.1) is 0 Å². The van der Waals surface area contributed by atoms with Gasteiger partial charge < -0.3 is 14.6 Å². The highest BCUT2D eigenvalue weighted by molar-refractivity contribution is 7.46. The average Bonchev–Trinajstić information content (AvgIpc) is 2.78. The van der Waals surface area contributed by atoms with E-state index in [0.717, 1.165) is 36.3 Å². The Bertz CT molecular complexity index is 1040. The first-order chi connectivity index (χ1) is 15.4. The van der Waals surface area contributed by atoms with Crippen LogP contribution in [0.2, 0.25) is 0 Å². The average molecular weight is 453 g/mol. The first kappa shape index (κ1) is 23.8. The lowest BCUT2D eigenvalue weighted by atomic mass is 9.96. The topological polar surface area (TPSA) is 88.0 Å². The fraction of sp³-hybridized carbons (Fsp3) is 0.200. The maximum absolute atomic E-state index is 11.0. The van der Waals surface area contributed by atoms with E-state index >= 15 is 0 Å². The minimum atomic E-state index is -4.56. The predicted molar refractivity (Wildman–Crippen MR) is 128 cm³/mol. The number of hydrogen-bond donors (Lipinski definition) is 3. The van der Waals surface area contributed by atoms with Gasteiger partial charge in [0.15, 0.2) is 0 Å². The van der Waals surface area contributed by atoms with E-state index in [0.29, 0.717) is 6.61 Å². The molecule has 6 nitrogen and oxygen atoms in total. The molecule has 32 heavy (non-hydrogen) atoms. The van der Waals surface area contributed by atoms with Crippen molar-refractivity contribution in [3.05, 3.63) is 95.6 Å². The van der Waals surface area contributed by atoms with Crippen molar-refractivity contribution in [2.24, 2.45) is 0 Å². The maximum atomic E-state index is 11.0. The molecule has 0 unspecified atom stereocenters. The van der Waals surface area contributed by atoms with Crippen LogP contribution in [0.1, 0.15) is 23.1 Å². The van der Waals surface area contributed by atoms with Crippen LogP contribution in [0.3, 0.4) is 0 Å². The molecule has 0 aliphatic carbocycles. The number of allylic oxidation sites excluding steroid dienone is 1. The number of hydrogen-bond acceptors (Lipinski definition) is 4. The quantitative estimate of drug-likeness (QED) is 0.217. The molecule has 0 aliphatic heterocycles. The van der Waals surface area contributed by atoms with E-state index in [1.165, 1.54) is 11.1 Å². The van der Waals surface area contributed by atoms with Crippen molar-refractivity contribution < 1.29 is 23.6 Å². The smallest absolute Gasteiger partial charge is 0.492 e. The van der Waals surface area contributed by atoms with Crippen LogP contribution in [0.5, 0.6) is 11.5 Å². The van der Waals surface area contributed by atoms with Gasteiger partial charge in [0.2, 0.25) is 0 Å². The predicted octanol–water partition coefficient (Wildman–Crippen LogP) is 4.93. The van der Waals surface area contributed by atoms with Crippen molar-refractivity contribution >= 4 is 19.5 Å². The fourth-order valence-corrected chi connectivity index (χ4v) is 3.61. The number of nitrogens with one attached hydrogen (secondary N) is 1. The number of rotatable bonds is 11. The van der Waals surface area contributed by atoms with Gasteiger partial charge in [-0.3, -0.25) is 9.79 Å². The van der Waals surface area contributed by atoms with Gasteiger partial charge in [0.1, 0.15) is 18.1 Å². The van der Waals surface area contributed by atoms with E-state index in [9.17, 15) is 4.57 Å². The number of phosphoric ester groups is 1. The van der Waals surface area contributed by atoms with Crippen molar-refractivity contribution in [1.29, 1.82) is 0 Å². The zero-order chi connectivity index (χ0) is 22.8. The summed E-state index contributed by atoms with van der Waals surface area (Å²) in [5.41, 5.74) is 4.45. The van der Waals surface area contributed by atoms with Gasteiger partial charge in [0.25, 0.3) is 0 Å². The summed E-state index contributed by atoms with van der Waals surface area (Å²) in [5.74, 6) is 0.995. The molecule has 0 fully saturated rings. The normalized spacial score (nSPS) is 11.9. The molecule has 0 spiro atoms. The van der Waals surface area contributed by atoms with E-state index in [2.05, 4.69) is 40.2 Å². The molecule has 3 N–H and O–H groups in total. The molecule has 0 amide bonds. The lowest BCUT2D eigenvalue weighted by Crippen LogP contribution is -2.15. The second kappa shape index (κ2) is 11.7. The molecule has 0 saturated carbocycles. The first-order valence-electron chi connectivity index (χ1n) is 10.4. The summed E-state index contributed by atoms with van der Waals surface area (Å²) in [7, 11) is -2.66. The number of ether oxygens (including phenoxy) is 1. The fourth-order valence-electron chi connectivity index (χ4n) is 3.22. The highest BCUT2D eigenvalue weighted by atomic mass is 31.2. The van der Waals surface area contributed by atoms with Crippen LogP contribution in [0.4, 0.5) is 0 Å². The second-order valence-electron chi connectivity index (χ2n) is 7.28. The Labute approximate surface area is 188 Å². The molecule has 3 rings (SSSR count). The van der Waals surface area contributed by atoms with Crippen LogP contribution in [0.15, 0.2) is 78.9 Å². The summed E-state index contributed by atoms with van der Waals surface area (Å²) >= 11 is 0. The molecule has 0 aromatic heterocycles. The maximum Gasteiger partial charge on any atom is 0.524 e. The third kappa shape index (κ3) is 7.98. The Morgan fingerprint density at radius 3 is 2.22 bits per heavy atom. The molecule has 3 aromatic rings. The minimum absolute atomic E-state index is 0.133. The lowest BCUT2D eigenvalue weighted by molar-refractivity contribution is 0.283. The summed E-state index contributed by atoms with van der Waals surface area (Å²) in [4.78, 5) is 17.9. The molecule has 168 valence electrons. The van der Waals surface area contributed by atoms with Crippen LogP contribution >= 0.6 is 7.82 Å². The Balaban J connectivity index is 1.72. The van der Waals surface area contributed by atoms with Gasteiger partial charge >= 0.3 is 7.82 Å². The Morgan fingerprint density at radius 1 is 0.938 bits per heavy atom. The molecular weight excluding hydrogens is 425 g/mol. The van der Waals surface area contributed by atoms with Crippen LogP contribution in [-0.4, -0.2) is 30.0 Å². The molecular formula is C25H28NO5P. The lowest BCUT2D eigenvalue weighted by Gasteiger charge is -2.11. The van der Waals surface area contributed by atoms with Gasteiger partial charge in [-0.25, -0.2) is 4.57 Å². The molecule has 3 aromatic carbocycles. The van der Waals surface area contributed by atoms with E-state index in [4.69, 9.17) is 14.5 Å². The highest BCUT2D eigenvalue weighted by Crippen LogP contribution is 2.37. The summed E-state index contributed by atoms with van der Waals surface area (Å²) < 4.78 is 21.3. The van der Waals surface area contributed by atoms with Crippen molar-refractivity contribution in [3.63, 3.8) is 0 Å². The van der Waals surface area contributed by atoms with Gasteiger partial charge in [-0.1, -0.05) is 60.7 Å². The second-order valence-corrected chi connectivity index (χ2v) is 8.45. The monoisotopic (exact) mass is 453 g/mol. The molecule has 0 heterocycles. The number of aryl methyl sites for hydroxylation is 1. The largest absolute Gasteiger partial charge is 0.524 e. The van der Waals surface area contributed by atoms with Crippen LogP contribution in [-0.2, 0) is 11.0 Å². The third-order valence-corrected chi connectivity index (χ3v) is 5.27. The summed E-state index contributed by atoms with van der Waals surface area (Å²) in [6.07, 6.45) is 3.80. The van der Waals surface area contributed by atoms with E-state index in [1.54, 1.807) is 24.3 Å². The minimum Gasteiger partial charge on any atom is -0.492 e. The Morgan fingerprint density at radius 2 is 1.59 bits per heavy atom. The van der Waals surface area contributed by atoms with E-state index in [-0.39, 0.29) is 5.75 Å². The standard InChI is InChI=1S/C25H28NO5P/c1-26-17-18-30-24-13-8-20(9-14-24)7-12-23(22-5-3-2-4-6-22)19-21-10-15-25(16-11-21)31-32(27,28)29/h2-6,8-11,13-16,19,26H,7,12,17-18H2,1H3,(H2,27,28,29)/b23-19-. The summed E-state index contributed by atoms with van der Waals surface area (Å²) in [6, 6.07) is 25.0. The van der Waals surface area contributed by atoms with E-state index in [1.807, 2.05) is 37.4 Å². The van der Waals surface area contributed by atoms with Gasteiger partial charge in [-0.05, 0) is 66.4 Å². The zero-order valence-electron chi connectivity index (χ0n) is 18.0. The van der Waals surface area contributed by atoms with Crippen LogP contribution in [0.25, 0.3) is 11.6 Å². The van der Waals surface area contributed by atoms with E-state index < -0.39 is 7.82 Å². The molecule has 0 saturated heterocycles. The number of phosphoric acid groups is 1. The van der Waals surface area contributed by atoms with Gasteiger partial charge in [-0.15, -0.1) is 0 Å². The Kier molecular flexibility index (Phi) is 8.65. The number of likely N-dealkylation sites (N-methyl/N-ethyl adjacent to an activating group) is 1. The Hall–Kier alpha value is -2.89. The van der Waals surface area contributed by atoms with Crippen molar-refractivity contribution in [2.45, 2.75) is 12.8 Å². The third-order valence-electron chi connectivity index (χ3n) is 4.82. The van der Waals surface area contributed by atoms with Crippen LogP contribution < -0.4 is 14.6 Å². The van der Waals surface area contributed by atoms with Crippen molar-refractivity contribution in [2.75, 3.05) is 20.2 Å². The van der Waals surface area contributed by atoms with Gasteiger partial charge in [0, 0.05) is 6.54 Å². The SMILES string of the molecule is CNCCOc1ccc(CC/C(=C/c2ccc(OP(=O)(O)O)cc2)c2ccccc2)cc1. The number of benzene rings is 3. The molecule has 7 heteroatoms.